The maximum absolute atomic E-state index is 14.0. The number of likely N-dealkylation sites (N-methyl/N-ethyl adjacent to an activating group) is 1. The molecule has 0 aliphatic carbocycles. The minimum atomic E-state index is -0.601. The summed E-state index contributed by atoms with van der Waals surface area (Å²) in [5, 5.41) is 0. The van der Waals surface area contributed by atoms with E-state index in [0.29, 0.717) is 11.3 Å². The van der Waals surface area contributed by atoms with E-state index in [-0.39, 0.29) is 6.54 Å². The van der Waals surface area contributed by atoms with Crippen LogP contribution in [0.4, 0.5) is 14.5 Å². The van der Waals surface area contributed by atoms with Gasteiger partial charge in [0, 0.05) is 37.0 Å². The predicted molar refractivity (Wildman–Crippen MR) is 79.6 cm³/mol. The Labute approximate surface area is 122 Å². The molecule has 3 nitrogen and oxygen atoms in total. The molecule has 0 fully saturated rings. The fourth-order valence-electron chi connectivity index (χ4n) is 2.28. The van der Waals surface area contributed by atoms with Gasteiger partial charge < -0.3 is 15.4 Å². The van der Waals surface area contributed by atoms with Gasteiger partial charge in [0.05, 0.1) is 13.2 Å². The van der Waals surface area contributed by atoms with Crippen LogP contribution in [0.5, 0.6) is 5.75 Å². The molecule has 0 radical (unpaired) electrons. The summed E-state index contributed by atoms with van der Waals surface area (Å²) in [4.78, 5) is 1.85. The maximum atomic E-state index is 14.0. The van der Waals surface area contributed by atoms with Crippen molar-refractivity contribution in [3.05, 3.63) is 59.7 Å². The van der Waals surface area contributed by atoms with Crippen molar-refractivity contribution < 1.29 is 13.5 Å². The third-order valence-corrected chi connectivity index (χ3v) is 3.47. The van der Waals surface area contributed by atoms with Crippen LogP contribution >= 0.6 is 0 Å². The Morgan fingerprint density at radius 3 is 2.57 bits per heavy atom. The zero-order valence-corrected chi connectivity index (χ0v) is 12.0. The zero-order valence-electron chi connectivity index (χ0n) is 12.0. The van der Waals surface area contributed by atoms with E-state index in [1.807, 2.05) is 36.2 Å². The summed E-state index contributed by atoms with van der Waals surface area (Å²) in [6, 6.07) is 10.5. The number of benzene rings is 2. The Kier molecular flexibility index (Phi) is 4.75. The molecule has 0 bridgehead atoms. The average Bonchev–Trinajstić information content (AvgIpc) is 2.50. The SMILES string of the molecule is COc1cccc(N(C)C(CN)c2ccc(F)cc2F)c1. The van der Waals surface area contributed by atoms with Gasteiger partial charge in [0.2, 0.25) is 0 Å². The normalized spacial score (nSPS) is 12.0. The van der Waals surface area contributed by atoms with E-state index in [9.17, 15) is 8.78 Å². The van der Waals surface area contributed by atoms with Gasteiger partial charge in [0.25, 0.3) is 0 Å². The van der Waals surface area contributed by atoms with Gasteiger partial charge >= 0.3 is 0 Å². The molecule has 0 saturated carbocycles. The summed E-state index contributed by atoms with van der Waals surface area (Å²) in [5.41, 5.74) is 6.99. The number of halogens is 2. The molecule has 21 heavy (non-hydrogen) atoms. The van der Waals surface area contributed by atoms with E-state index in [4.69, 9.17) is 10.5 Å². The molecule has 1 atom stereocenters. The second-order valence-corrected chi connectivity index (χ2v) is 4.73. The molecule has 5 heteroatoms. The Balaban J connectivity index is 2.35. The molecule has 2 aromatic carbocycles. The molecule has 2 aromatic rings. The topological polar surface area (TPSA) is 38.5 Å². The highest BCUT2D eigenvalue weighted by Crippen LogP contribution is 2.29. The standard InChI is InChI=1S/C16H18F2N2O/c1-20(12-4-3-5-13(9-12)21-2)16(10-19)14-7-6-11(17)8-15(14)18/h3-9,16H,10,19H2,1-2H3. The van der Waals surface area contributed by atoms with Gasteiger partial charge in [-0.1, -0.05) is 12.1 Å². The molecular weight excluding hydrogens is 274 g/mol. The number of methoxy groups -OCH3 is 1. The minimum absolute atomic E-state index is 0.205. The van der Waals surface area contributed by atoms with Gasteiger partial charge in [0.15, 0.2) is 0 Å². The van der Waals surface area contributed by atoms with Crippen LogP contribution in [0.1, 0.15) is 11.6 Å². The summed E-state index contributed by atoms with van der Waals surface area (Å²) in [7, 11) is 3.40. The van der Waals surface area contributed by atoms with Crippen LogP contribution in [-0.2, 0) is 0 Å². The fourth-order valence-corrected chi connectivity index (χ4v) is 2.28. The Morgan fingerprint density at radius 2 is 1.95 bits per heavy atom. The number of rotatable bonds is 5. The van der Waals surface area contributed by atoms with Crippen LogP contribution in [0.15, 0.2) is 42.5 Å². The van der Waals surface area contributed by atoms with Crippen molar-refractivity contribution in [1.82, 2.24) is 0 Å². The first-order valence-corrected chi connectivity index (χ1v) is 6.58. The third-order valence-electron chi connectivity index (χ3n) is 3.47. The largest absolute Gasteiger partial charge is 0.497 e. The molecule has 0 heterocycles. The molecule has 0 aromatic heterocycles. The highest BCUT2D eigenvalue weighted by Gasteiger charge is 2.20. The lowest BCUT2D eigenvalue weighted by molar-refractivity contribution is 0.414. The molecule has 0 aliphatic heterocycles. The van der Waals surface area contributed by atoms with Gasteiger partial charge in [-0.3, -0.25) is 0 Å². The minimum Gasteiger partial charge on any atom is -0.497 e. The van der Waals surface area contributed by atoms with Gasteiger partial charge in [-0.25, -0.2) is 8.78 Å². The Hall–Kier alpha value is -2.14. The summed E-state index contributed by atoms with van der Waals surface area (Å²) in [6.07, 6.45) is 0. The number of nitrogens with zero attached hydrogens (tertiary/aromatic N) is 1. The van der Waals surface area contributed by atoms with Gasteiger partial charge in [-0.15, -0.1) is 0 Å². The Morgan fingerprint density at radius 1 is 1.19 bits per heavy atom. The fraction of sp³-hybridized carbons (Fsp3) is 0.250. The van der Waals surface area contributed by atoms with E-state index in [0.717, 1.165) is 11.8 Å². The lowest BCUT2D eigenvalue weighted by Gasteiger charge is -2.30. The molecule has 2 N–H and O–H groups in total. The van der Waals surface area contributed by atoms with Crippen LogP contribution in [0.2, 0.25) is 0 Å². The monoisotopic (exact) mass is 292 g/mol. The lowest BCUT2D eigenvalue weighted by atomic mass is 10.0. The van der Waals surface area contributed by atoms with E-state index in [1.165, 1.54) is 12.1 Å². The smallest absolute Gasteiger partial charge is 0.131 e. The summed E-state index contributed by atoms with van der Waals surface area (Å²) in [5.74, 6) is -0.494. The van der Waals surface area contributed by atoms with Crippen molar-refractivity contribution in [2.24, 2.45) is 5.73 Å². The molecule has 0 amide bonds. The lowest BCUT2D eigenvalue weighted by Crippen LogP contribution is -2.31. The molecule has 0 saturated heterocycles. The van der Waals surface area contributed by atoms with Crippen LogP contribution < -0.4 is 15.4 Å². The summed E-state index contributed by atoms with van der Waals surface area (Å²) < 4.78 is 32.2. The number of hydrogen-bond donors (Lipinski definition) is 1. The molecule has 0 spiro atoms. The van der Waals surface area contributed by atoms with E-state index in [1.54, 1.807) is 7.11 Å². The maximum Gasteiger partial charge on any atom is 0.131 e. The number of ether oxygens (including phenoxy) is 1. The molecule has 1 unspecified atom stereocenters. The van der Waals surface area contributed by atoms with Crippen LogP contribution in [0.25, 0.3) is 0 Å². The predicted octanol–water partition coefficient (Wildman–Crippen LogP) is 3.11. The highest BCUT2D eigenvalue weighted by atomic mass is 19.1. The molecule has 112 valence electrons. The van der Waals surface area contributed by atoms with Crippen molar-refractivity contribution in [1.29, 1.82) is 0 Å². The van der Waals surface area contributed by atoms with E-state index in [2.05, 4.69) is 0 Å². The van der Waals surface area contributed by atoms with Crippen LogP contribution in [0, 0.1) is 11.6 Å². The van der Waals surface area contributed by atoms with Crippen LogP contribution in [-0.4, -0.2) is 20.7 Å². The zero-order chi connectivity index (χ0) is 15.4. The second-order valence-electron chi connectivity index (χ2n) is 4.73. The highest BCUT2D eigenvalue weighted by molar-refractivity contribution is 5.52. The van der Waals surface area contributed by atoms with E-state index >= 15 is 0 Å². The first-order chi connectivity index (χ1) is 10.1. The average molecular weight is 292 g/mol. The third kappa shape index (κ3) is 3.31. The molecule has 0 aliphatic rings. The number of anilines is 1. The van der Waals surface area contributed by atoms with Gasteiger partial charge in [-0.05, 0) is 18.2 Å². The van der Waals surface area contributed by atoms with Crippen molar-refractivity contribution in [3.8, 4) is 5.75 Å². The van der Waals surface area contributed by atoms with Crippen molar-refractivity contribution >= 4 is 5.69 Å². The van der Waals surface area contributed by atoms with Crippen LogP contribution in [0.3, 0.4) is 0 Å². The van der Waals surface area contributed by atoms with Crippen molar-refractivity contribution in [2.45, 2.75) is 6.04 Å². The second kappa shape index (κ2) is 6.54. The summed E-state index contributed by atoms with van der Waals surface area (Å²) in [6.45, 7) is 0.205. The molecular formula is C16H18F2N2O. The van der Waals surface area contributed by atoms with Crippen molar-refractivity contribution in [3.63, 3.8) is 0 Å². The van der Waals surface area contributed by atoms with E-state index < -0.39 is 17.7 Å². The van der Waals surface area contributed by atoms with Crippen molar-refractivity contribution in [2.75, 3.05) is 25.6 Å². The van der Waals surface area contributed by atoms with Gasteiger partial charge in [-0.2, -0.15) is 0 Å². The quantitative estimate of drug-likeness (QED) is 0.920. The Bertz CT molecular complexity index is 619. The summed E-state index contributed by atoms with van der Waals surface area (Å²) >= 11 is 0. The molecule has 2 rings (SSSR count). The number of nitrogens with two attached hydrogens (primary N) is 1. The van der Waals surface area contributed by atoms with Gasteiger partial charge in [0.1, 0.15) is 17.4 Å². The first-order valence-electron chi connectivity index (χ1n) is 6.58. The first kappa shape index (κ1) is 15.3. The number of hydrogen-bond acceptors (Lipinski definition) is 3.